The third-order valence-corrected chi connectivity index (χ3v) is 4.12. The Bertz CT molecular complexity index is 632. The summed E-state index contributed by atoms with van der Waals surface area (Å²) in [5, 5.41) is 14.7. The highest BCUT2D eigenvalue weighted by atomic mass is 32.2. The van der Waals surface area contributed by atoms with Gasteiger partial charge in [0.1, 0.15) is 12.4 Å². The predicted molar refractivity (Wildman–Crippen MR) is 89.8 cm³/mol. The number of methoxy groups -OCH3 is 1. The second-order valence-corrected chi connectivity index (χ2v) is 6.01. The number of tetrazole rings is 1. The van der Waals surface area contributed by atoms with Gasteiger partial charge in [0.15, 0.2) is 0 Å². The molecule has 1 N–H and O–H groups in total. The van der Waals surface area contributed by atoms with E-state index in [1.54, 1.807) is 18.8 Å². The fourth-order valence-electron chi connectivity index (χ4n) is 1.81. The second kappa shape index (κ2) is 9.89. The number of nitrogens with one attached hydrogen (secondary N) is 1. The molecule has 24 heavy (non-hydrogen) atoms. The van der Waals surface area contributed by atoms with E-state index in [1.165, 1.54) is 11.8 Å². The van der Waals surface area contributed by atoms with Crippen LogP contribution in [0.15, 0.2) is 29.4 Å². The molecule has 0 spiro atoms. The number of carbonyl (C=O) groups is 1. The summed E-state index contributed by atoms with van der Waals surface area (Å²) in [6.45, 7) is 1.57. The molecule has 1 amide bonds. The molecule has 0 atom stereocenters. The summed E-state index contributed by atoms with van der Waals surface area (Å²) in [6, 6.07) is 7.63. The highest BCUT2D eigenvalue weighted by Gasteiger charge is 2.06. The van der Waals surface area contributed by atoms with Gasteiger partial charge >= 0.3 is 0 Å². The molecule has 1 aromatic heterocycles. The van der Waals surface area contributed by atoms with Gasteiger partial charge in [-0.25, -0.2) is 4.68 Å². The lowest BCUT2D eigenvalue weighted by molar-refractivity contribution is -0.120. The minimum absolute atomic E-state index is 0.00181. The van der Waals surface area contributed by atoms with Crippen molar-refractivity contribution in [2.24, 2.45) is 7.05 Å². The van der Waals surface area contributed by atoms with Crippen LogP contribution in [0.5, 0.6) is 5.75 Å². The Kier molecular flexibility index (Phi) is 7.50. The zero-order chi connectivity index (χ0) is 17.2. The lowest BCUT2D eigenvalue weighted by Gasteiger charge is -2.08. The summed E-state index contributed by atoms with van der Waals surface area (Å²) in [5.74, 6) is 1.42. The molecule has 0 aliphatic carbocycles. The van der Waals surface area contributed by atoms with Gasteiger partial charge in [-0.1, -0.05) is 23.9 Å². The van der Waals surface area contributed by atoms with Crippen molar-refractivity contribution in [2.75, 3.05) is 26.1 Å². The molecule has 8 nitrogen and oxygen atoms in total. The van der Waals surface area contributed by atoms with Gasteiger partial charge in [-0.2, -0.15) is 0 Å². The van der Waals surface area contributed by atoms with E-state index in [9.17, 15) is 4.79 Å². The number of rotatable bonds is 10. The second-order valence-electron chi connectivity index (χ2n) is 4.95. The summed E-state index contributed by atoms with van der Waals surface area (Å²) >= 11 is 1.45. The Morgan fingerprint density at radius 1 is 1.29 bits per heavy atom. The van der Waals surface area contributed by atoms with Gasteiger partial charge in [-0.15, -0.1) is 5.10 Å². The van der Waals surface area contributed by atoms with Crippen LogP contribution in [0, 0.1) is 0 Å². The monoisotopic (exact) mass is 351 g/mol. The number of aromatic nitrogens is 4. The summed E-state index contributed by atoms with van der Waals surface area (Å²) in [5.41, 5.74) is 1.02. The molecule has 2 rings (SSSR count). The lowest BCUT2D eigenvalue weighted by atomic mass is 10.2. The largest absolute Gasteiger partial charge is 0.491 e. The van der Waals surface area contributed by atoms with Crippen molar-refractivity contribution < 1.29 is 14.3 Å². The van der Waals surface area contributed by atoms with E-state index in [0.29, 0.717) is 37.1 Å². The molecule has 130 valence electrons. The van der Waals surface area contributed by atoms with Crippen molar-refractivity contribution in [3.05, 3.63) is 29.8 Å². The maximum Gasteiger partial charge on any atom is 0.221 e. The third-order valence-electron chi connectivity index (χ3n) is 3.11. The van der Waals surface area contributed by atoms with Crippen LogP contribution >= 0.6 is 11.8 Å². The minimum Gasteiger partial charge on any atom is -0.491 e. The molecule has 0 saturated heterocycles. The van der Waals surface area contributed by atoms with Crippen LogP contribution in [0.1, 0.15) is 12.0 Å². The maximum absolute atomic E-state index is 11.8. The highest BCUT2D eigenvalue weighted by molar-refractivity contribution is 7.99. The van der Waals surface area contributed by atoms with E-state index in [2.05, 4.69) is 20.8 Å². The number of carbonyl (C=O) groups excluding carboxylic acids is 1. The number of benzene rings is 1. The zero-order valence-electron chi connectivity index (χ0n) is 13.8. The summed E-state index contributed by atoms with van der Waals surface area (Å²) in [6.07, 6.45) is 0.412. The Hall–Kier alpha value is -2.13. The zero-order valence-corrected chi connectivity index (χ0v) is 14.6. The number of ether oxygens (including phenoxy) is 2. The quantitative estimate of drug-likeness (QED) is 0.505. The predicted octanol–water partition coefficient (Wildman–Crippen LogP) is 1.03. The molecular weight excluding hydrogens is 330 g/mol. The Balaban J connectivity index is 1.65. The molecule has 1 heterocycles. The molecule has 0 radical (unpaired) electrons. The standard InChI is InChI=1S/C15H21N5O3S/c1-20-15(17-18-19-20)24-10-7-14(21)16-11-12-3-5-13(6-4-12)23-9-8-22-2/h3-6H,7-11H2,1-2H3,(H,16,21). The van der Waals surface area contributed by atoms with Crippen LogP contribution in [-0.2, 0) is 23.1 Å². The van der Waals surface area contributed by atoms with E-state index in [-0.39, 0.29) is 5.91 Å². The lowest BCUT2D eigenvalue weighted by Crippen LogP contribution is -2.23. The summed E-state index contributed by atoms with van der Waals surface area (Å²) < 4.78 is 12.0. The number of thioether (sulfide) groups is 1. The Labute approximate surface area is 144 Å². The Morgan fingerprint density at radius 2 is 2.08 bits per heavy atom. The SMILES string of the molecule is COCCOc1ccc(CNC(=O)CCSc2nnnn2C)cc1. The number of hydrogen-bond donors (Lipinski definition) is 1. The minimum atomic E-state index is -0.00181. The van der Waals surface area contributed by atoms with Gasteiger partial charge in [0.25, 0.3) is 0 Å². The first-order valence-corrected chi connectivity index (χ1v) is 8.50. The van der Waals surface area contributed by atoms with Gasteiger partial charge in [0.2, 0.25) is 11.1 Å². The summed E-state index contributed by atoms with van der Waals surface area (Å²) in [4.78, 5) is 11.8. The molecule has 0 aliphatic rings. The molecule has 0 unspecified atom stereocenters. The van der Waals surface area contributed by atoms with Crippen molar-refractivity contribution in [3.8, 4) is 5.75 Å². The number of aryl methyl sites for hydroxylation is 1. The van der Waals surface area contributed by atoms with Gasteiger partial charge < -0.3 is 14.8 Å². The first-order chi connectivity index (χ1) is 11.7. The first kappa shape index (κ1) is 18.2. The topological polar surface area (TPSA) is 91.2 Å². The fraction of sp³-hybridized carbons (Fsp3) is 0.467. The van der Waals surface area contributed by atoms with Crippen LogP contribution in [0.4, 0.5) is 0 Å². The van der Waals surface area contributed by atoms with Crippen molar-refractivity contribution >= 4 is 17.7 Å². The molecular formula is C15H21N5O3S. The van der Waals surface area contributed by atoms with E-state index < -0.39 is 0 Å². The van der Waals surface area contributed by atoms with Crippen LogP contribution < -0.4 is 10.1 Å². The van der Waals surface area contributed by atoms with Crippen molar-refractivity contribution in [2.45, 2.75) is 18.1 Å². The molecule has 0 aliphatic heterocycles. The molecule has 9 heteroatoms. The normalized spacial score (nSPS) is 10.6. The van der Waals surface area contributed by atoms with Crippen LogP contribution in [0.25, 0.3) is 0 Å². The van der Waals surface area contributed by atoms with Crippen molar-refractivity contribution in [3.63, 3.8) is 0 Å². The van der Waals surface area contributed by atoms with Crippen LogP contribution in [-0.4, -0.2) is 52.2 Å². The number of amides is 1. The molecule has 0 bridgehead atoms. The molecule has 1 aromatic carbocycles. The molecule has 0 saturated carbocycles. The fourth-order valence-corrected chi connectivity index (χ4v) is 2.60. The van der Waals surface area contributed by atoms with E-state index in [0.717, 1.165) is 11.3 Å². The van der Waals surface area contributed by atoms with Gasteiger partial charge in [-0.05, 0) is 28.1 Å². The smallest absolute Gasteiger partial charge is 0.221 e. The number of hydrogen-bond acceptors (Lipinski definition) is 7. The molecule has 2 aromatic rings. The number of nitrogens with zero attached hydrogens (tertiary/aromatic N) is 4. The summed E-state index contributed by atoms with van der Waals surface area (Å²) in [7, 11) is 3.41. The molecule has 0 fully saturated rings. The first-order valence-electron chi connectivity index (χ1n) is 7.51. The van der Waals surface area contributed by atoms with E-state index in [1.807, 2.05) is 24.3 Å². The van der Waals surface area contributed by atoms with Crippen molar-refractivity contribution in [1.82, 2.24) is 25.5 Å². The van der Waals surface area contributed by atoms with Crippen molar-refractivity contribution in [1.29, 1.82) is 0 Å². The van der Waals surface area contributed by atoms with E-state index in [4.69, 9.17) is 9.47 Å². The van der Waals surface area contributed by atoms with Crippen LogP contribution in [0.2, 0.25) is 0 Å². The third kappa shape index (κ3) is 6.17. The van der Waals surface area contributed by atoms with Gasteiger partial charge in [-0.3, -0.25) is 4.79 Å². The highest BCUT2D eigenvalue weighted by Crippen LogP contribution is 2.14. The average molecular weight is 351 g/mol. The van der Waals surface area contributed by atoms with Gasteiger partial charge in [0.05, 0.1) is 6.61 Å². The Morgan fingerprint density at radius 3 is 2.75 bits per heavy atom. The maximum atomic E-state index is 11.8. The average Bonchev–Trinajstić information content (AvgIpc) is 2.99. The van der Waals surface area contributed by atoms with Crippen LogP contribution in [0.3, 0.4) is 0 Å². The van der Waals surface area contributed by atoms with Gasteiger partial charge in [0, 0.05) is 32.9 Å². The van der Waals surface area contributed by atoms with E-state index >= 15 is 0 Å².